The second-order valence-electron chi connectivity index (χ2n) is 7.72. The number of hydrogen-bond donors (Lipinski definition) is 1. The van der Waals surface area contributed by atoms with Crippen LogP contribution in [0, 0.1) is 0 Å². The highest BCUT2D eigenvalue weighted by atomic mass is 16.7. The fourth-order valence-corrected chi connectivity index (χ4v) is 4.34. The number of anilines is 1. The summed E-state index contributed by atoms with van der Waals surface area (Å²) in [5, 5.41) is 3.00. The van der Waals surface area contributed by atoms with E-state index in [1.165, 1.54) is 5.56 Å². The number of nitrogens with one attached hydrogen (secondary N) is 1. The van der Waals surface area contributed by atoms with Gasteiger partial charge in [-0.2, -0.15) is 0 Å². The highest BCUT2D eigenvalue weighted by Gasteiger charge is 2.30. The minimum absolute atomic E-state index is 0.0112. The van der Waals surface area contributed by atoms with Gasteiger partial charge in [-0.25, -0.2) is 0 Å². The molecule has 0 spiro atoms. The lowest BCUT2D eigenvalue weighted by atomic mass is 9.97. The number of piperazine rings is 1. The van der Waals surface area contributed by atoms with Gasteiger partial charge < -0.3 is 19.7 Å². The van der Waals surface area contributed by atoms with E-state index >= 15 is 0 Å². The molecular weight excluding hydrogens is 354 g/mol. The van der Waals surface area contributed by atoms with Crippen LogP contribution in [-0.2, 0) is 11.3 Å². The molecule has 146 valence electrons. The van der Waals surface area contributed by atoms with Crippen molar-refractivity contribution in [2.75, 3.05) is 44.8 Å². The van der Waals surface area contributed by atoms with Gasteiger partial charge >= 0.3 is 0 Å². The Labute approximate surface area is 165 Å². The van der Waals surface area contributed by atoms with Gasteiger partial charge in [0, 0.05) is 38.4 Å². The summed E-state index contributed by atoms with van der Waals surface area (Å²) in [6.45, 7) is 6.39. The largest absolute Gasteiger partial charge is 0.454 e. The van der Waals surface area contributed by atoms with Crippen molar-refractivity contribution in [3.8, 4) is 11.5 Å². The molecule has 3 aliphatic rings. The molecule has 0 radical (unpaired) electrons. The summed E-state index contributed by atoms with van der Waals surface area (Å²) in [5.41, 5.74) is 3.39. The topological polar surface area (TPSA) is 54.0 Å². The van der Waals surface area contributed by atoms with Crippen LogP contribution >= 0.6 is 0 Å². The number of nitrogens with zero attached hydrogens (tertiary/aromatic N) is 2. The molecule has 6 nitrogen and oxygen atoms in total. The fourth-order valence-electron chi connectivity index (χ4n) is 4.34. The van der Waals surface area contributed by atoms with Gasteiger partial charge in [0.1, 0.15) is 0 Å². The summed E-state index contributed by atoms with van der Waals surface area (Å²) >= 11 is 0. The normalized spacial score (nSPS) is 21.6. The fraction of sp³-hybridized carbons (Fsp3) is 0.409. The van der Waals surface area contributed by atoms with E-state index in [9.17, 15) is 4.79 Å². The second-order valence-corrected chi connectivity index (χ2v) is 7.72. The highest BCUT2D eigenvalue weighted by molar-refractivity contribution is 6.02. The first-order valence-electron chi connectivity index (χ1n) is 9.99. The lowest BCUT2D eigenvalue weighted by molar-refractivity contribution is -0.117. The zero-order chi connectivity index (χ0) is 18.9. The molecule has 1 atom stereocenters. The number of carbonyl (C=O) groups is 1. The summed E-state index contributed by atoms with van der Waals surface area (Å²) in [5.74, 6) is 1.82. The molecule has 28 heavy (non-hydrogen) atoms. The summed E-state index contributed by atoms with van der Waals surface area (Å²) in [4.78, 5) is 17.2. The Morgan fingerprint density at radius 3 is 2.64 bits per heavy atom. The molecule has 3 aliphatic heterocycles. The van der Waals surface area contributed by atoms with E-state index in [0.717, 1.165) is 68.4 Å². The SMILES string of the molecule is O=C1Nc2ccccc2C1CCN1CCN(Cc2ccc3c(c2)OCO3)CC1. The number of ether oxygens (including phenoxy) is 2. The van der Waals surface area contributed by atoms with Crippen molar-refractivity contribution in [1.29, 1.82) is 0 Å². The number of rotatable bonds is 5. The Balaban J connectivity index is 1.11. The molecule has 5 rings (SSSR count). The molecule has 0 bridgehead atoms. The summed E-state index contributed by atoms with van der Waals surface area (Å²) in [7, 11) is 0. The van der Waals surface area contributed by atoms with E-state index in [1.54, 1.807) is 0 Å². The lowest BCUT2D eigenvalue weighted by Gasteiger charge is -2.35. The van der Waals surface area contributed by atoms with Gasteiger partial charge in [-0.05, 0) is 42.3 Å². The molecule has 0 aliphatic carbocycles. The monoisotopic (exact) mass is 379 g/mol. The molecule has 6 heteroatoms. The van der Waals surface area contributed by atoms with Gasteiger partial charge in [-0.1, -0.05) is 24.3 Å². The second kappa shape index (κ2) is 7.45. The Morgan fingerprint density at radius 1 is 0.964 bits per heavy atom. The third-order valence-corrected chi connectivity index (χ3v) is 5.95. The molecule has 3 heterocycles. The van der Waals surface area contributed by atoms with E-state index in [2.05, 4.69) is 33.3 Å². The van der Waals surface area contributed by atoms with E-state index in [4.69, 9.17) is 9.47 Å². The van der Waals surface area contributed by atoms with Gasteiger partial charge in [0.15, 0.2) is 11.5 Å². The maximum Gasteiger partial charge on any atom is 0.232 e. The van der Waals surface area contributed by atoms with Crippen molar-refractivity contribution in [2.24, 2.45) is 0 Å². The predicted molar refractivity (Wildman–Crippen MR) is 107 cm³/mol. The molecule has 1 unspecified atom stereocenters. The molecule has 2 aromatic carbocycles. The number of hydrogen-bond acceptors (Lipinski definition) is 5. The number of fused-ring (bicyclic) bond motifs is 2. The van der Waals surface area contributed by atoms with Crippen LogP contribution in [0.25, 0.3) is 0 Å². The maximum atomic E-state index is 12.3. The van der Waals surface area contributed by atoms with Crippen molar-refractivity contribution in [3.63, 3.8) is 0 Å². The maximum absolute atomic E-state index is 12.3. The molecule has 1 saturated heterocycles. The molecule has 0 saturated carbocycles. The average molecular weight is 379 g/mol. The van der Waals surface area contributed by atoms with Gasteiger partial charge in [-0.3, -0.25) is 9.69 Å². The smallest absolute Gasteiger partial charge is 0.232 e. The first-order chi connectivity index (χ1) is 13.8. The summed E-state index contributed by atoms with van der Waals surface area (Å²) in [6, 6.07) is 14.3. The predicted octanol–water partition coefficient (Wildman–Crippen LogP) is 2.66. The molecule has 2 aromatic rings. The van der Waals surface area contributed by atoms with Gasteiger partial charge in [0.2, 0.25) is 12.7 Å². The first-order valence-corrected chi connectivity index (χ1v) is 9.99. The average Bonchev–Trinajstić information content (AvgIpc) is 3.30. The zero-order valence-corrected chi connectivity index (χ0v) is 15.9. The van der Waals surface area contributed by atoms with Crippen molar-refractivity contribution in [1.82, 2.24) is 9.80 Å². The van der Waals surface area contributed by atoms with Crippen LogP contribution in [0.4, 0.5) is 5.69 Å². The number of benzene rings is 2. The van der Waals surface area contributed by atoms with E-state index < -0.39 is 0 Å². The van der Waals surface area contributed by atoms with Gasteiger partial charge in [0.25, 0.3) is 0 Å². The van der Waals surface area contributed by atoms with Crippen LogP contribution in [0.3, 0.4) is 0 Å². The Hall–Kier alpha value is -2.57. The van der Waals surface area contributed by atoms with Gasteiger partial charge in [0.05, 0.1) is 5.92 Å². The Morgan fingerprint density at radius 2 is 1.75 bits per heavy atom. The van der Waals surface area contributed by atoms with Crippen molar-refractivity contribution >= 4 is 11.6 Å². The molecule has 0 aromatic heterocycles. The third-order valence-electron chi connectivity index (χ3n) is 5.95. The van der Waals surface area contributed by atoms with Crippen molar-refractivity contribution < 1.29 is 14.3 Å². The van der Waals surface area contributed by atoms with Gasteiger partial charge in [-0.15, -0.1) is 0 Å². The first kappa shape index (κ1) is 17.5. The number of para-hydroxylation sites is 1. The van der Waals surface area contributed by atoms with Crippen molar-refractivity contribution in [3.05, 3.63) is 53.6 Å². The minimum Gasteiger partial charge on any atom is -0.454 e. The van der Waals surface area contributed by atoms with E-state index in [-0.39, 0.29) is 11.8 Å². The molecule has 1 N–H and O–H groups in total. The van der Waals surface area contributed by atoms with E-state index in [0.29, 0.717) is 6.79 Å². The molecule has 1 fully saturated rings. The van der Waals surface area contributed by atoms with Crippen LogP contribution in [0.5, 0.6) is 11.5 Å². The Bertz CT molecular complexity index is 877. The number of carbonyl (C=O) groups excluding carboxylic acids is 1. The Kier molecular flexibility index (Phi) is 4.66. The lowest BCUT2D eigenvalue weighted by Crippen LogP contribution is -2.46. The third kappa shape index (κ3) is 3.45. The van der Waals surface area contributed by atoms with Crippen LogP contribution in [0.1, 0.15) is 23.5 Å². The quantitative estimate of drug-likeness (QED) is 0.866. The minimum atomic E-state index is -0.0112. The zero-order valence-electron chi connectivity index (χ0n) is 15.9. The summed E-state index contributed by atoms with van der Waals surface area (Å²) in [6.07, 6.45) is 0.880. The molecule has 1 amide bonds. The van der Waals surface area contributed by atoms with Crippen LogP contribution in [0.2, 0.25) is 0 Å². The van der Waals surface area contributed by atoms with E-state index in [1.807, 2.05) is 24.3 Å². The van der Waals surface area contributed by atoms with Crippen LogP contribution in [-0.4, -0.2) is 55.2 Å². The van der Waals surface area contributed by atoms with Crippen LogP contribution < -0.4 is 14.8 Å². The summed E-state index contributed by atoms with van der Waals surface area (Å²) < 4.78 is 10.9. The highest BCUT2D eigenvalue weighted by Crippen LogP contribution is 2.35. The van der Waals surface area contributed by atoms with Crippen molar-refractivity contribution in [2.45, 2.75) is 18.9 Å². The standard InChI is InChI=1S/C22H25N3O3/c26-22-18(17-3-1-2-4-19(17)23-22)7-8-24-9-11-25(12-10-24)14-16-5-6-20-21(13-16)28-15-27-20/h1-6,13,18H,7-12,14-15H2,(H,23,26). The molecular formula is C22H25N3O3. The van der Waals surface area contributed by atoms with Crippen LogP contribution in [0.15, 0.2) is 42.5 Å². The number of amides is 1.